The van der Waals surface area contributed by atoms with Crippen molar-refractivity contribution in [2.75, 3.05) is 0 Å². The maximum absolute atomic E-state index is 13.5. The second-order valence-electron chi connectivity index (χ2n) is 12.2. The number of carbonyl (C=O) groups is 4. The zero-order valence-corrected chi connectivity index (χ0v) is 23.2. The molecule has 0 aromatic carbocycles. The Bertz CT molecular complexity index is 1080. The zero-order chi connectivity index (χ0) is 27.1. The molecule has 1 unspecified atom stereocenters. The number of ether oxygens (including phenoxy) is 1. The third kappa shape index (κ3) is 4.99. The average molecular weight is 495 g/mol. The van der Waals surface area contributed by atoms with Crippen LogP contribution in [0.3, 0.4) is 0 Å². The number of carbonyl (C=O) groups excluding carboxylic acids is 4. The topological polar surface area (TPSA) is 77.5 Å². The summed E-state index contributed by atoms with van der Waals surface area (Å²) in [6, 6.07) is 0. The lowest BCUT2D eigenvalue weighted by atomic mass is 9.43. The average Bonchev–Trinajstić information content (AvgIpc) is 3.05. The van der Waals surface area contributed by atoms with Gasteiger partial charge in [-0.15, -0.1) is 0 Å². The predicted octanol–water partition coefficient (Wildman–Crippen LogP) is 6.28. The molecule has 0 heterocycles. The maximum atomic E-state index is 13.5. The zero-order valence-electron chi connectivity index (χ0n) is 23.2. The number of hydrogen-bond donors (Lipinski definition) is 0. The first kappa shape index (κ1) is 28.0. The molecule has 3 aliphatic rings. The van der Waals surface area contributed by atoms with Crippen LogP contribution in [0, 0.1) is 28.1 Å². The molecule has 0 aliphatic heterocycles. The summed E-state index contributed by atoms with van der Waals surface area (Å²) in [6.45, 7) is 15.7. The Kier molecular flexibility index (Phi) is 7.83. The number of hydrogen-bond acceptors (Lipinski definition) is 5. The van der Waals surface area contributed by atoms with Crippen LogP contribution >= 0.6 is 0 Å². The summed E-state index contributed by atoms with van der Waals surface area (Å²) in [5.41, 5.74) is 2.08. The Morgan fingerprint density at radius 3 is 2.17 bits per heavy atom. The van der Waals surface area contributed by atoms with E-state index in [-0.39, 0.29) is 51.6 Å². The van der Waals surface area contributed by atoms with E-state index in [1.807, 2.05) is 19.1 Å². The lowest BCUT2D eigenvalue weighted by molar-refractivity contribution is -0.185. The van der Waals surface area contributed by atoms with Crippen LogP contribution in [-0.2, 0) is 23.9 Å². The van der Waals surface area contributed by atoms with Gasteiger partial charge in [0.15, 0.2) is 17.3 Å². The lowest BCUT2D eigenvalue weighted by Gasteiger charge is -2.62. The molecule has 3 fully saturated rings. The summed E-state index contributed by atoms with van der Waals surface area (Å²) in [5.74, 6) is 0.268. The SMILES string of the molecule is CC(=O)/C=C\C(=O)/C(C)=C/C=C/C(C)=C1\C(=O)C[C@H]2[C@@]3(C)CC[C@H](OC(C)=O)C(C)(C)C3CC[C@]12C. The van der Waals surface area contributed by atoms with Gasteiger partial charge in [0.05, 0.1) is 0 Å². The van der Waals surface area contributed by atoms with E-state index in [2.05, 4.69) is 27.7 Å². The number of Topliss-reactive ketones (excluding diaryl/α,β-unsaturated/α-hetero) is 1. The molecule has 196 valence electrons. The second-order valence-corrected chi connectivity index (χ2v) is 12.2. The third-order valence-electron chi connectivity index (χ3n) is 9.48. The van der Waals surface area contributed by atoms with Crippen LogP contribution in [0.25, 0.3) is 0 Å². The molecule has 5 heteroatoms. The van der Waals surface area contributed by atoms with Crippen LogP contribution in [-0.4, -0.2) is 29.4 Å². The first-order valence-corrected chi connectivity index (χ1v) is 13.1. The second kappa shape index (κ2) is 10.1. The van der Waals surface area contributed by atoms with Crippen LogP contribution < -0.4 is 0 Å². The molecule has 36 heavy (non-hydrogen) atoms. The van der Waals surface area contributed by atoms with Crippen LogP contribution in [0.15, 0.2) is 47.1 Å². The fourth-order valence-corrected chi connectivity index (χ4v) is 7.80. The van der Waals surface area contributed by atoms with E-state index in [1.165, 1.54) is 26.0 Å². The number of fused-ring (bicyclic) bond motifs is 3. The quantitative estimate of drug-likeness (QED) is 0.247. The van der Waals surface area contributed by atoms with Gasteiger partial charge in [-0.05, 0) is 87.0 Å². The Hall–Kier alpha value is -2.56. The highest BCUT2D eigenvalue weighted by molar-refractivity contribution is 6.07. The molecular weight excluding hydrogens is 452 g/mol. The monoisotopic (exact) mass is 494 g/mol. The van der Waals surface area contributed by atoms with E-state index in [9.17, 15) is 19.2 Å². The number of ketones is 3. The van der Waals surface area contributed by atoms with E-state index in [0.29, 0.717) is 17.9 Å². The normalized spacial score (nSPS) is 35.5. The minimum atomic E-state index is -0.220. The van der Waals surface area contributed by atoms with E-state index in [0.717, 1.165) is 36.8 Å². The molecule has 0 aromatic rings. The number of esters is 1. The summed E-state index contributed by atoms with van der Waals surface area (Å²) in [7, 11) is 0. The lowest BCUT2D eigenvalue weighted by Crippen LogP contribution is -2.58. The number of allylic oxidation sites excluding steroid dienone is 8. The number of rotatable bonds is 6. The van der Waals surface area contributed by atoms with E-state index in [4.69, 9.17) is 4.74 Å². The summed E-state index contributed by atoms with van der Waals surface area (Å²) in [5, 5.41) is 0. The Morgan fingerprint density at radius 2 is 1.56 bits per heavy atom. The molecule has 3 saturated carbocycles. The van der Waals surface area contributed by atoms with E-state index >= 15 is 0 Å². The Morgan fingerprint density at radius 1 is 0.889 bits per heavy atom. The van der Waals surface area contributed by atoms with Crippen molar-refractivity contribution in [1.82, 2.24) is 0 Å². The molecular formula is C31H42O5. The molecule has 0 aromatic heterocycles. The van der Waals surface area contributed by atoms with Crippen molar-refractivity contribution in [3.8, 4) is 0 Å². The highest BCUT2D eigenvalue weighted by Crippen LogP contribution is 2.69. The van der Waals surface area contributed by atoms with E-state index in [1.54, 1.807) is 13.0 Å². The summed E-state index contributed by atoms with van der Waals surface area (Å²) in [6.07, 6.45) is 12.2. The van der Waals surface area contributed by atoms with Gasteiger partial charge in [0, 0.05) is 29.7 Å². The van der Waals surface area contributed by atoms with Gasteiger partial charge in [-0.25, -0.2) is 0 Å². The van der Waals surface area contributed by atoms with Crippen molar-refractivity contribution in [3.63, 3.8) is 0 Å². The molecule has 0 amide bonds. The van der Waals surface area contributed by atoms with Crippen molar-refractivity contribution in [3.05, 3.63) is 47.1 Å². The van der Waals surface area contributed by atoms with Crippen molar-refractivity contribution in [1.29, 1.82) is 0 Å². The predicted molar refractivity (Wildman–Crippen MR) is 141 cm³/mol. The van der Waals surface area contributed by atoms with Gasteiger partial charge >= 0.3 is 5.97 Å². The van der Waals surface area contributed by atoms with Gasteiger partial charge in [-0.1, -0.05) is 45.9 Å². The molecule has 3 aliphatic carbocycles. The van der Waals surface area contributed by atoms with Crippen molar-refractivity contribution >= 4 is 23.3 Å². The molecule has 0 spiro atoms. The first-order chi connectivity index (χ1) is 16.6. The molecule has 0 N–H and O–H groups in total. The maximum Gasteiger partial charge on any atom is 0.302 e. The molecule has 5 nitrogen and oxygen atoms in total. The highest BCUT2D eigenvalue weighted by atomic mass is 16.5. The summed E-state index contributed by atoms with van der Waals surface area (Å²) < 4.78 is 5.75. The minimum Gasteiger partial charge on any atom is -0.462 e. The molecule has 3 rings (SSSR count). The van der Waals surface area contributed by atoms with Crippen LogP contribution in [0.2, 0.25) is 0 Å². The van der Waals surface area contributed by atoms with Gasteiger partial charge in [-0.2, -0.15) is 0 Å². The Balaban J connectivity index is 1.89. The summed E-state index contributed by atoms with van der Waals surface area (Å²) >= 11 is 0. The first-order valence-electron chi connectivity index (χ1n) is 13.1. The van der Waals surface area contributed by atoms with E-state index < -0.39 is 0 Å². The highest BCUT2D eigenvalue weighted by Gasteiger charge is 2.65. The van der Waals surface area contributed by atoms with Crippen molar-refractivity contribution < 1.29 is 23.9 Å². The van der Waals surface area contributed by atoms with Gasteiger partial charge in [0.2, 0.25) is 0 Å². The van der Waals surface area contributed by atoms with Crippen molar-refractivity contribution in [2.45, 2.75) is 93.6 Å². The van der Waals surface area contributed by atoms with Gasteiger partial charge in [0.1, 0.15) is 6.10 Å². The van der Waals surface area contributed by atoms with Gasteiger partial charge in [0.25, 0.3) is 0 Å². The van der Waals surface area contributed by atoms with Crippen LogP contribution in [0.4, 0.5) is 0 Å². The molecule has 0 saturated heterocycles. The van der Waals surface area contributed by atoms with Crippen LogP contribution in [0.5, 0.6) is 0 Å². The van der Waals surface area contributed by atoms with Gasteiger partial charge < -0.3 is 4.74 Å². The Labute approximate surface area is 216 Å². The molecule has 5 atom stereocenters. The fraction of sp³-hybridized carbons (Fsp3) is 0.613. The summed E-state index contributed by atoms with van der Waals surface area (Å²) in [4.78, 5) is 48.4. The largest absolute Gasteiger partial charge is 0.462 e. The molecule has 0 radical (unpaired) electrons. The van der Waals surface area contributed by atoms with Crippen molar-refractivity contribution in [2.24, 2.45) is 28.1 Å². The van der Waals surface area contributed by atoms with Gasteiger partial charge in [-0.3, -0.25) is 19.2 Å². The standard InChI is InChI=1S/C31H42O5/c1-19(23(34)13-12-21(3)32)10-9-11-20(2)28-24(35)18-26-30(7)17-15-27(36-22(4)33)29(5,6)25(30)14-16-31(26,28)8/h9-13,25-27H,14-18H2,1-8H3/b11-9+,13-12-,19-10+,28-20+/t25?,26-,27-,30-,31-/m0/s1. The van der Waals surface area contributed by atoms with Crippen LogP contribution in [0.1, 0.15) is 87.5 Å². The molecule has 0 bridgehead atoms. The third-order valence-corrected chi connectivity index (χ3v) is 9.48. The fourth-order valence-electron chi connectivity index (χ4n) is 7.80. The minimum absolute atomic E-state index is 0.000506. The smallest absolute Gasteiger partial charge is 0.302 e.